The molecule has 172 valence electrons. The zero-order valence-corrected chi connectivity index (χ0v) is 19.5. The van der Waals surface area contributed by atoms with Crippen molar-refractivity contribution in [3.05, 3.63) is 89.1 Å². The standard InChI is InChI=1S/C27H26N4O3/c1-16-9-11-18(12-10-16)25-24(26(32)29-21-14-13-19(33-3)15-23(21)34-4)17(2)28-27-30-20-7-5-6-8-22(20)31(25)27/h5-15,25H,1-4H3,(H,28,30)(H,29,32)/t25-/m0/s1. The van der Waals surface area contributed by atoms with Crippen LogP contribution in [0.2, 0.25) is 0 Å². The zero-order chi connectivity index (χ0) is 23.8. The predicted octanol–water partition coefficient (Wildman–Crippen LogP) is 5.29. The summed E-state index contributed by atoms with van der Waals surface area (Å²) in [4.78, 5) is 18.6. The van der Waals surface area contributed by atoms with Crippen LogP contribution in [0.5, 0.6) is 11.5 Å². The normalized spacial score (nSPS) is 15.0. The molecule has 0 saturated heterocycles. The number of methoxy groups -OCH3 is 2. The zero-order valence-electron chi connectivity index (χ0n) is 19.5. The maximum absolute atomic E-state index is 13.8. The number of rotatable bonds is 5. The first-order valence-corrected chi connectivity index (χ1v) is 11.0. The first-order valence-electron chi connectivity index (χ1n) is 11.0. The van der Waals surface area contributed by atoms with Crippen LogP contribution in [0.4, 0.5) is 11.6 Å². The number of nitrogens with one attached hydrogen (secondary N) is 2. The Hall–Kier alpha value is -4.26. The van der Waals surface area contributed by atoms with Gasteiger partial charge < -0.3 is 20.1 Å². The number of hydrogen-bond donors (Lipinski definition) is 2. The second-order valence-electron chi connectivity index (χ2n) is 8.29. The van der Waals surface area contributed by atoms with Crippen molar-refractivity contribution in [2.45, 2.75) is 19.9 Å². The lowest BCUT2D eigenvalue weighted by Crippen LogP contribution is -2.31. The van der Waals surface area contributed by atoms with E-state index in [0.29, 0.717) is 28.7 Å². The minimum Gasteiger partial charge on any atom is -0.497 e. The fourth-order valence-electron chi connectivity index (χ4n) is 4.41. The number of ether oxygens (including phenoxy) is 2. The van der Waals surface area contributed by atoms with E-state index in [1.165, 1.54) is 0 Å². The number of fused-ring (bicyclic) bond motifs is 3. The number of carbonyl (C=O) groups excluding carboxylic acids is 1. The molecule has 7 nitrogen and oxygen atoms in total. The predicted molar refractivity (Wildman–Crippen MR) is 134 cm³/mol. The molecule has 7 heteroatoms. The summed E-state index contributed by atoms with van der Waals surface area (Å²) in [6.07, 6.45) is 0. The molecule has 1 atom stereocenters. The van der Waals surface area contributed by atoms with Crippen LogP contribution >= 0.6 is 0 Å². The lowest BCUT2D eigenvalue weighted by Gasteiger charge is -2.31. The highest BCUT2D eigenvalue weighted by Crippen LogP contribution is 2.40. The van der Waals surface area contributed by atoms with E-state index in [-0.39, 0.29) is 11.9 Å². The van der Waals surface area contributed by atoms with E-state index in [1.54, 1.807) is 32.4 Å². The van der Waals surface area contributed by atoms with Gasteiger partial charge in [0.15, 0.2) is 0 Å². The largest absolute Gasteiger partial charge is 0.497 e. The monoisotopic (exact) mass is 454 g/mol. The van der Waals surface area contributed by atoms with Gasteiger partial charge in [-0.15, -0.1) is 0 Å². The molecule has 1 aromatic heterocycles. The summed E-state index contributed by atoms with van der Waals surface area (Å²) in [5, 5.41) is 6.39. The van der Waals surface area contributed by atoms with Crippen LogP contribution < -0.4 is 20.1 Å². The lowest BCUT2D eigenvalue weighted by molar-refractivity contribution is -0.113. The molecule has 1 aliphatic heterocycles. The second kappa shape index (κ2) is 8.59. The van der Waals surface area contributed by atoms with E-state index < -0.39 is 0 Å². The van der Waals surface area contributed by atoms with Gasteiger partial charge in [0.05, 0.1) is 42.6 Å². The average Bonchev–Trinajstić information content (AvgIpc) is 3.21. The number of imidazole rings is 1. The Morgan fingerprint density at radius 1 is 1.00 bits per heavy atom. The number of carbonyl (C=O) groups is 1. The summed E-state index contributed by atoms with van der Waals surface area (Å²) in [6, 6.07) is 21.2. The summed E-state index contributed by atoms with van der Waals surface area (Å²) >= 11 is 0. The molecule has 0 radical (unpaired) electrons. The van der Waals surface area contributed by atoms with Gasteiger partial charge in [-0.1, -0.05) is 42.0 Å². The first-order chi connectivity index (χ1) is 16.5. The number of para-hydroxylation sites is 2. The molecule has 0 fully saturated rings. The number of nitrogens with zero attached hydrogens (tertiary/aromatic N) is 2. The number of allylic oxidation sites excluding steroid dienone is 1. The van der Waals surface area contributed by atoms with Gasteiger partial charge in [-0.25, -0.2) is 4.98 Å². The molecule has 0 bridgehead atoms. The third-order valence-electron chi connectivity index (χ3n) is 6.13. The third kappa shape index (κ3) is 3.65. The van der Waals surface area contributed by atoms with E-state index in [1.807, 2.05) is 31.2 Å². The highest BCUT2D eigenvalue weighted by atomic mass is 16.5. The van der Waals surface area contributed by atoms with Crippen molar-refractivity contribution in [2.75, 3.05) is 24.9 Å². The highest BCUT2D eigenvalue weighted by molar-refractivity contribution is 6.07. The van der Waals surface area contributed by atoms with Crippen molar-refractivity contribution in [3.8, 4) is 11.5 Å². The van der Waals surface area contributed by atoms with Gasteiger partial charge in [-0.3, -0.25) is 9.36 Å². The molecule has 3 aromatic carbocycles. The summed E-state index contributed by atoms with van der Waals surface area (Å²) in [6.45, 7) is 3.96. The summed E-state index contributed by atoms with van der Waals surface area (Å²) in [7, 11) is 3.16. The summed E-state index contributed by atoms with van der Waals surface area (Å²) in [5.74, 6) is 1.66. The van der Waals surface area contributed by atoms with E-state index in [2.05, 4.69) is 46.4 Å². The number of benzene rings is 3. The molecule has 2 heterocycles. The Balaban J connectivity index is 1.63. The van der Waals surface area contributed by atoms with Gasteiger partial charge in [0.25, 0.3) is 5.91 Å². The molecule has 5 rings (SSSR count). The van der Waals surface area contributed by atoms with E-state index in [9.17, 15) is 4.79 Å². The smallest absolute Gasteiger partial charge is 0.255 e. The Bertz CT molecular complexity index is 1420. The Morgan fingerprint density at radius 3 is 2.50 bits per heavy atom. The number of aromatic nitrogens is 2. The molecular formula is C27H26N4O3. The van der Waals surface area contributed by atoms with Gasteiger partial charge in [-0.05, 0) is 43.7 Å². The molecule has 4 aromatic rings. The van der Waals surface area contributed by atoms with Crippen LogP contribution in [-0.4, -0.2) is 29.7 Å². The minimum atomic E-state index is -0.353. The van der Waals surface area contributed by atoms with Gasteiger partial charge in [0.2, 0.25) is 5.95 Å². The highest BCUT2D eigenvalue weighted by Gasteiger charge is 2.34. The Kier molecular flexibility index (Phi) is 5.45. The average molecular weight is 455 g/mol. The van der Waals surface area contributed by atoms with Crippen molar-refractivity contribution < 1.29 is 14.3 Å². The van der Waals surface area contributed by atoms with Crippen molar-refractivity contribution in [3.63, 3.8) is 0 Å². The molecule has 1 amide bonds. The van der Waals surface area contributed by atoms with Crippen LogP contribution in [0, 0.1) is 6.92 Å². The summed E-state index contributed by atoms with van der Waals surface area (Å²) < 4.78 is 12.9. The van der Waals surface area contributed by atoms with E-state index >= 15 is 0 Å². The van der Waals surface area contributed by atoms with Gasteiger partial charge in [0, 0.05) is 11.8 Å². The Morgan fingerprint density at radius 2 is 1.76 bits per heavy atom. The molecule has 34 heavy (non-hydrogen) atoms. The fraction of sp³-hybridized carbons (Fsp3) is 0.185. The summed E-state index contributed by atoms with van der Waals surface area (Å²) in [5.41, 5.74) is 5.91. The Labute approximate surface area is 198 Å². The lowest BCUT2D eigenvalue weighted by atomic mass is 9.93. The van der Waals surface area contributed by atoms with Gasteiger partial charge in [-0.2, -0.15) is 0 Å². The van der Waals surface area contributed by atoms with Crippen molar-refractivity contribution in [1.82, 2.24) is 9.55 Å². The molecule has 0 spiro atoms. The van der Waals surface area contributed by atoms with E-state index in [4.69, 9.17) is 14.5 Å². The van der Waals surface area contributed by atoms with Crippen LogP contribution in [0.3, 0.4) is 0 Å². The van der Waals surface area contributed by atoms with E-state index in [0.717, 1.165) is 27.9 Å². The number of anilines is 2. The van der Waals surface area contributed by atoms with Crippen LogP contribution in [0.15, 0.2) is 78.0 Å². The molecule has 0 saturated carbocycles. The molecule has 2 N–H and O–H groups in total. The maximum Gasteiger partial charge on any atom is 0.255 e. The second-order valence-corrected chi connectivity index (χ2v) is 8.29. The topological polar surface area (TPSA) is 77.4 Å². The van der Waals surface area contributed by atoms with Crippen molar-refractivity contribution in [1.29, 1.82) is 0 Å². The molecular weight excluding hydrogens is 428 g/mol. The molecule has 0 unspecified atom stereocenters. The maximum atomic E-state index is 13.8. The number of hydrogen-bond acceptors (Lipinski definition) is 5. The third-order valence-corrected chi connectivity index (χ3v) is 6.13. The van der Waals surface area contributed by atoms with Crippen LogP contribution in [0.1, 0.15) is 24.1 Å². The van der Waals surface area contributed by atoms with Gasteiger partial charge in [0.1, 0.15) is 11.5 Å². The van der Waals surface area contributed by atoms with Gasteiger partial charge >= 0.3 is 0 Å². The number of amides is 1. The van der Waals surface area contributed by atoms with Crippen molar-refractivity contribution in [2.24, 2.45) is 0 Å². The fourth-order valence-corrected chi connectivity index (χ4v) is 4.41. The SMILES string of the molecule is COc1ccc(NC(=O)C2=C(C)Nc3nc4ccccc4n3[C@H]2c2ccc(C)cc2)c(OC)c1. The molecule has 1 aliphatic rings. The van der Waals surface area contributed by atoms with Crippen molar-refractivity contribution >= 4 is 28.6 Å². The van der Waals surface area contributed by atoms with Crippen LogP contribution in [0.25, 0.3) is 11.0 Å². The minimum absolute atomic E-state index is 0.220. The quantitative estimate of drug-likeness (QED) is 0.429. The molecule has 0 aliphatic carbocycles. The first kappa shape index (κ1) is 21.6. The van der Waals surface area contributed by atoms with Crippen LogP contribution in [-0.2, 0) is 4.79 Å². The number of aryl methyl sites for hydroxylation is 1.